The van der Waals surface area contributed by atoms with Crippen molar-refractivity contribution in [1.82, 2.24) is 0 Å². The number of rotatable bonds is 6. The lowest BCUT2D eigenvalue weighted by Gasteiger charge is -2.14. The summed E-state index contributed by atoms with van der Waals surface area (Å²) in [6.07, 6.45) is -3.97. The lowest BCUT2D eigenvalue weighted by Crippen LogP contribution is -2.17. The molecule has 0 spiro atoms. The first-order valence-corrected chi connectivity index (χ1v) is 5.49. The Morgan fingerprint density at radius 1 is 1.11 bits per heavy atom. The topological polar surface area (TPSA) is 49.7 Å². The predicted molar refractivity (Wildman–Crippen MR) is 59.2 cm³/mol. The highest BCUT2D eigenvalue weighted by Gasteiger charge is 2.30. The van der Waals surface area contributed by atoms with E-state index in [-0.39, 0.29) is 25.7 Å². The maximum Gasteiger partial charge on any atom is 0.416 e. The third-order valence-corrected chi connectivity index (χ3v) is 2.46. The maximum atomic E-state index is 12.3. The van der Waals surface area contributed by atoms with Gasteiger partial charge in [-0.25, -0.2) is 0 Å². The molecule has 0 saturated heterocycles. The molecule has 0 radical (unpaired) electrons. The second kappa shape index (κ2) is 6.61. The number of benzene rings is 1. The number of hydrogen-bond acceptors (Lipinski definition) is 3. The third kappa shape index (κ3) is 4.54. The van der Waals surface area contributed by atoms with Crippen molar-refractivity contribution >= 4 is 0 Å². The third-order valence-electron chi connectivity index (χ3n) is 2.46. The van der Waals surface area contributed by atoms with Crippen LogP contribution in [0, 0.1) is 5.92 Å². The van der Waals surface area contributed by atoms with E-state index in [4.69, 9.17) is 14.9 Å². The second-order valence-corrected chi connectivity index (χ2v) is 3.89. The molecular formula is C12H15F3O3. The Bertz CT molecular complexity index is 349. The minimum atomic E-state index is -4.36. The van der Waals surface area contributed by atoms with Crippen LogP contribution in [-0.2, 0) is 6.18 Å². The van der Waals surface area contributed by atoms with Crippen molar-refractivity contribution in [1.29, 1.82) is 0 Å². The van der Waals surface area contributed by atoms with Gasteiger partial charge in [-0.3, -0.25) is 0 Å². The Kier molecular flexibility index (Phi) is 5.43. The number of ether oxygens (including phenoxy) is 1. The summed E-state index contributed by atoms with van der Waals surface area (Å²) < 4.78 is 42.1. The van der Waals surface area contributed by atoms with Crippen LogP contribution in [0.2, 0.25) is 0 Å². The maximum absolute atomic E-state index is 12.3. The van der Waals surface area contributed by atoms with Gasteiger partial charge < -0.3 is 14.9 Å². The number of alkyl halides is 3. The fourth-order valence-electron chi connectivity index (χ4n) is 1.36. The Morgan fingerprint density at radius 3 is 2.17 bits per heavy atom. The average Bonchev–Trinajstić information content (AvgIpc) is 2.34. The van der Waals surface area contributed by atoms with Crippen molar-refractivity contribution < 1.29 is 28.1 Å². The smallest absolute Gasteiger partial charge is 0.416 e. The fraction of sp³-hybridized carbons (Fsp3) is 0.500. The summed E-state index contributed by atoms with van der Waals surface area (Å²) in [6, 6.07) is 4.34. The van der Waals surface area contributed by atoms with E-state index in [1.807, 2.05) is 0 Å². The van der Waals surface area contributed by atoms with Gasteiger partial charge in [0.05, 0.1) is 12.2 Å². The van der Waals surface area contributed by atoms with E-state index in [0.29, 0.717) is 12.2 Å². The first-order chi connectivity index (χ1) is 8.47. The zero-order chi connectivity index (χ0) is 13.6. The van der Waals surface area contributed by atoms with E-state index in [1.165, 1.54) is 12.1 Å². The largest absolute Gasteiger partial charge is 0.493 e. The van der Waals surface area contributed by atoms with Crippen LogP contribution in [0.15, 0.2) is 24.3 Å². The van der Waals surface area contributed by atoms with E-state index >= 15 is 0 Å². The summed E-state index contributed by atoms with van der Waals surface area (Å²) >= 11 is 0. The summed E-state index contributed by atoms with van der Waals surface area (Å²) in [5, 5.41) is 17.6. The Labute approximate surface area is 103 Å². The summed E-state index contributed by atoms with van der Waals surface area (Å²) in [5.41, 5.74) is -0.732. The van der Waals surface area contributed by atoms with Crippen molar-refractivity contribution in [2.75, 3.05) is 19.8 Å². The molecule has 0 amide bonds. The highest BCUT2D eigenvalue weighted by molar-refractivity contribution is 5.28. The first kappa shape index (κ1) is 14.8. The van der Waals surface area contributed by atoms with Gasteiger partial charge >= 0.3 is 6.18 Å². The van der Waals surface area contributed by atoms with E-state index in [2.05, 4.69) is 0 Å². The van der Waals surface area contributed by atoms with Gasteiger partial charge in [0.1, 0.15) is 5.75 Å². The minimum absolute atomic E-state index is 0.0679. The van der Waals surface area contributed by atoms with E-state index < -0.39 is 11.7 Å². The summed E-state index contributed by atoms with van der Waals surface area (Å²) in [5.74, 6) is 0.0803. The van der Waals surface area contributed by atoms with Crippen molar-refractivity contribution in [3.8, 4) is 5.75 Å². The molecule has 1 aromatic carbocycles. The fourth-order valence-corrected chi connectivity index (χ4v) is 1.36. The second-order valence-electron chi connectivity index (χ2n) is 3.89. The van der Waals surface area contributed by atoms with Crippen LogP contribution in [0.25, 0.3) is 0 Å². The van der Waals surface area contributed by atoms with Gasteiger partial charge in [0.2, 0.25) is 0 Å². The highest BCUT2D eigenvalue weighted by atomic mass is 19.4. The van der Waals surface area contributed by atoms with Crippen molar-refractivity contribution in [3.63, 3.8) is 0 Å². The molecule has 0 aliphatic rings. The zero-order valence-electron chi connectivity index (χ0n) is 9.65. The molecule has 0 fully saturated rings. The van der Waals surface area contributed by atoms with Gasteiger partial charge in [0.25, 0.3) is 0 Å². The molecule has 1 unspecified atom stereocenters. The molecule has 0 aromatic heterocycles. The molecule has 1 rings (SSSR count). The van der Waals surface area contributed by atoms with Crippen LogP contribution < -0.4 is 4.74 Å². The quantitative estimate of drug-likeness (QED) is 0.827. The van der Waals surface area contributed by atoms with Crippen LogP contribution in [0.3, 0.4) is 0 Å². The van der Waals surface area contributed by atoms with Crippen LogP contribution >= 0.6 is 0 Å². The molecule has 0 bridgehead atoms. The number of aliphatic hydroxyl groups is 2. The minimum Gasteiger partial charge on any atom is -0.493 e. The monoisotopic (exact) mass is 264 g/mol. The Hall–Kier alpha value is -1.27. The standard InChI is InChI=1S/C12H15F3O3/c13-12(14,15)10-1-3-11(4-2-10)18-8-9(7-17)5-6-16/h1-4,9,16-17H,5-8H2. The number of halogens is 3. The normalized spacial score (nSPS) is 13.4. The number of aliphatic hydroxyl groups excluding tert-OH is 2. The van der Waals surface area contributed by atoms with Crippen LogP contribution in [0.1, 0.15) is 12.0 Å². The zero-order valence-corrected chi connectivity index (χ0v) is 9.65. The molecular weight excluding hydrogens is 249 g/mol. The van der Waals surface area contributed by atoms with E-state index in [9.17, 15) is 13.2 Å². The van der Waals surface area contributed by atoms with E-state index in [1.54, 1.807) is 0 Å². The SMILES string of the molecule is OCCC(CO)COc1ccc(C(F)(F)F)cc1. The predicted octanol–water partition coefficient (Wildman–Crippen LogP) is 2.08. The van der Waals surface area contributed by atoms with Crippen molar-refractivity contribution in [3.05, 3.63) is 29.8 Å². The van der Waals surface area contributed by atoms with Crippen LogP contribution in [0.4, 0.5) is 13.2 Å². The van der Waals surface area contributed by atoms with E-state index in [0.717, 1.165) is 12.1 Å². The lowest BCUT2D eigenvalue weighted by molar-refractivity contribution is -0.137. The number of hydrogen-bond donors (Lipinski definition) is 2. The first-order valence-electron chi connectivity index (χ1n) is 5.49. The molecule has 6 heteroatoms. The van der Waals surface area contributed by atoms with Gasteiger partial charge in [-0.1, -0.05) is 0 Å². The molecule has 0 heterocycles. The molecule has 0 aliphatic carbocycles. The molecule has 3 nitrogen and oxygen atoms in total. The van der Waals surface area contributed by atoms with Gasteiger partial charge in [0, 0.05) is 19.1 Å². The Balaban J connectivity index is 2.53. The lowest BCUT2D eigenvalue weighted by atomic mass is 10.1. The van der Waals surface area contributed by atoms with Crippen molar-refractivity contribution in [2.24, 2.45) is 5.92 Å². The van der Waals surface area contributed by atoms with Crippen LogP contribution in [-0.4, -0.2) is 30.0 Å². The molecule has 0 saturated carbocycles. The van der Waals surface area contributed by atoms with Gasteiger partial charge in [0.15, 0.2) is 0 Å². The van der Waals surface area contributed by atoms with Crippen molar-refractivity contribution in [2.45, 2.75) is 12.6 Å². The molecule has 1 aromatic rings. The molecule has 2 N–H and O–H groups in total. The van der Waals surface area contributed by atoms with Gasteiger partial charge in [-0.2, -0.15) is 13.2 Å². The average molecular weight is 264 g/mol. The van der Waals surface area contributed by atoms with Gasteiger partial charge in [-0.15, -0.1) is 0 Å². The molecule has 18 heavy (non-hydrogen) atoms. The highest BCUT2D eigenvalue weighted by Crippen LogP contribution is 2.30. The molecule has 0 aliphatic heterocycles. The molecule has 102 valence electrons. The van der Waals surface area contributed by atoms with Crippen LogP contribution in [0.5, 0.6) is 5.75 Å². The summed E-state index contributed by atoms with van der Waals surface area (Å²) in [6.45, 7) is -0.0504. The Morgan fingerprint density at radius 2 is 1.72 bits per heavy atom. The summed E-state index contributed by atoms with van der Waals surface area (Å²) in [7, 11) is 0. The van der Waals surface area contributed by atoms with Gasteiger partial charge in [-0.05, 0) is 30.7 Å². The molecule has 1 atom stereocenters. The summed E-state index contributed by atoms with van der Waals surface area (Å²) in [4.78, 5) is 0.